The van der Waals surface area contributed by atoms with Crippen molar-refractivity contribution in [3.05, 3.63) is 34.2 Å². The number of aromatic nitrogens is 2. The summed E-state index contributed by atoms with van der Waals surface area (Å²) < 4.78 is 1.51. The SMILES string of the molecule is Cn1c(=O)[nH]c2cc(C(=O)NCC3CCCC(O)C3)ccc21. The van der Waals surface area contributed by atoms with Crippen LogP contribution in [0.5, 0.6) is 0 Å². The number of aromatic amines is 1. The summed E-state index contributed by atoms with van der Waals surface area (Å²) >= 11 is 0. The lowest BCUT2D eigenvalue weighted by atomic mass is 9.87. The van der Waals surface area contributed by atoms with Crippen molar-refractivity contribution < 1.29 is 9.90 Å². The van der Waals surface area contributed by atoms with E-state index in [9.17, 15) is 14.7 Å². The van der Waals surface area contributed by atoms with Gasteiger partial charge in [-0.05, 0) is 43.4 Å². The zero-order valence-electron chi connectivity index (χ0n) is 12.6. The summed E-state index contributed by atoms with van der Waals surface area (Å²) in [7, 11) is 1.69. The molecular formula is C16H21N3O3. The lowest BCUT2D eigenvalue weighted by molar-refractivity contribution is 0.0874. The number of nitrogens with zero attached hydrogens (tertiary/aromatic N) is 1. The lowest BCUT2D eigenvalue weighted by Crippen LogP contribution is -2.32. The van der Waals surface area contributed by atoms with Crippen molar-refractivity contribution in [2.45, 2.75) is 31.8 Å². The number of nitrogens with one attached hydrogen (secondary N) is 2. The van der Waals surface area contributed by atoms with Crippen LogP contribution in [0.1, 0.15) is 36.0 Å². The maximum atomic E-state index is 12.2. The van der Waals surface area contributed by atoms with Gasteiger partial charge in [0.15, 0.2) is 0 Å². The Morgan fingerprint density at radius 1 is 1.45 bits per heavy atom. The van der Waals surface area contributed by atoms with Crippen molar-refractivity contribution in [1.29, 1.82) is 0 Å². The summed E-state index contributed by atoms with van der Waals surface area (Å²) in [6.07, 6.45) is 3.44. The molecule has 2 atom stereocenters. The minimum absolute atomic E-state index is 0.147. The first-order valence-electron chi connectivity index (χ1n) is 7.69. The summed E-state index contributed by atoms with van der Waals surface area (Å²) in [4.78, 5) is 26.5. The van der Waals surface area contributed by atoms with Crippen molar-refractivity contribution in [1.82, 2.24) is 14.9 Å². The smallest absolute Gasteiger partial charge is 0.326 e. The third-order valence-corrected chi connectivity index (χ3v) is 4.47. The number of carbonyl (C=O) groups excluding carboxylic acids is 1. The quantitative estimate of drug-likeness (QED) is 0.795. The van der Waals surface area contributed by atoms with E-state index in [0.717, 1.165) is 31.2 Å². The molecule has 1 aliphatic carbocycles. The highest BCUT2D eigenvalue weighted by atomic mass is 16.3. The molecule has 0 saturated heterocycles. The largest absolute Gasteiger partial charge is 0.393 e. The number of imidazole rings is 1. The summed E-state index contributed by atoms with van der Waals surface area (Å²) in [5.74, 6) is 0.194. The predicted molar refractivity (Wildman–Crippen MR) is 83.8 cm³/mol. The minimum atomic E-state index is -0.235. The Hall–Kier alpha value is -2.08. The molecule has 0 aliphatic heterocycles. The number of hydrogen-bond donors (Lipinski definition) is 3. The van der Waals surface area contributed by atoms with Crippen LogP contribution in [0, 0.1) is 5.92 Å². The van der Waals surface area contributed by atoms with Crippen LogP contribution >= 0.6 is 0 Å². The van der Waals surface area contributed by atoms with Crippen molar-refractivity contribution in [2.75, 3.05) is 6.54 Å². The van der Waals surface area contributed by atoms with Gasteiger partial charge in [0.1, 0.15) is 0 Å². The van der Waals surface area contributed by atoms with E-state index in [2.05, 4.69) is 10.3 Å². The Labute approximate surface area is 128 Å². The van der Waals surface area contributed by atoms with Gasteiger partial charge < -0.3 is 15.4 Å². The molecule has 1 aromatic carbocycles. The number of aryl methyl sites for hydroxylation is 1. The second-order valence-electron chi connectivity index (χ2n) is 6.12. The van der Waals surface area contributed by atoms with Gasteiger partial charge in [0.05, 0.1) is 17.1 Å². The standard InChI is InChI=1S/C16H21N3O3/c1-19-14-6-5-11(8-13(14)18-16(19)22)15(21)17-9-10-3-2-4-12(20)7-10/h5-6,8,10,12,20H,2-4,7,9H2,1H3,(H,17,21)(H,18,22). The first kappa shape index (κ1) is 14.8. The monoisotopic (exact) mass is 303 g/mol. The molecule has 1 saturated carbocycles. The molecule has 6 nitrogen and oxygen atoms in total. The van der Waals surface area contributed by atoms with Crippen molar-refractivity contribution in [2.24, 2.45) is 13.0 Å². The molecule has 3 rings (SSSR count). The molecule has 1 aromatic heterocycles. The van der Waals surface area contributed by atoms with E-state index in [0.29, 0.717) is 23.5 Å². The number of carbonyl (C=O) groups is 1. The zero-order valence-corrected chi connectivity index (χ0v) is 12.6. The molecule has 0 spiro atoms. The first-order chi connectivity index (χ1) is 10.5. The highest BCUT2D eigenvalue weighted by molar-refractivity contribution is 5.97. The predicted octanol–water partition coefficient (Wildman–Crippen LogP) is 1.15. The maximum absolute atomic E-state index is 12.2. The van der Waals surface area contributed by atoms with Crippen molar-refractivity contribution in [3.63, 3.8) is 0 Å². The third-order valence-electron chi connectivity index (χ3n) is 4.47. The Bertz CT molecular complexity index is 747. The molecule has 3 N–H and O–H groups in total. The number of fused-ring (bicyclic) bond motifs is 1. The fourth-order valence-corrected chi connectivity index (χ4v) is 3.17. The molecular weight excluding hydrogens is 282 g/mol. The van der Waals surface area contributed by atoms with Gasteiger partial charge in [-0.2, -0.15) is 0 Å². The highest BCUT2D eigenvalue weighted by Gasteiger charge is 2.20. The topological polar surface area (TPSA) is 87.1 Å². The van der Waals surface area contributed by atoms with E-state index < -0.39 is 0 Å². The number of H-pyrrole nitrogens is 1. The van der Waals surface area contributed by atoms with Gasteiger partial charge in [-0.15, -0.1) is 0 Å². The average Bonchev–Trinajstić information content (AvgIpc) is 2.79. The fraction of sp³-hybridized carbons (Fsp3) is 0.500. The summed E-state index contributed by atoms with van der Waals surface area (Å²) in [5.41, 5.74) is 1.78. The molecule has 118 valence electrons. The van der Waals surface area contributed by atoms with Crippen LogP contribution in [0.2, 0.25) is 0 Å². The van der Waals surface area contributed by atoms with E-state index in [1.807, 2.05) is 0 Å². The van der Waals surface area contributed by atoms with Crippen LogP contribution < -0.4 is 11.0 Å². The number of aliphatic hydroxyl groups is 1. The van der Waals surface area contributed by atoms with Gasteiger partial charge in [0, 0.05) is 19.2 Å². The Morgan fingerprint density at radius 2 is 2.27 bits per heavy atom. The minimum Gasteiger partial charge on any atom is -0.393 e. The van der Waals surface area contributed by atoms with Crippen LogP contribution in [-0.4, -0.2) is 33.2 Å². The zero-order chi connectivity index (χ0) is 15.7. The van der Waals surface area contributed by atoms with Crippen LogP contribution in [0.15, 0.2) is 23.0 Å². The van der Waals surface area contributed by atoms with E-state index >= 15 is 0 Å². The van der Waals surface area contributed by atoms with Gasteiger partial charge in [0.2, 0.25) is 0 Å². The first-order valence-corrected chi connectivity index (χ1v) is 7.69. The second-order valence-corrected chi connectivity index (χ2v) is 6.12. The van der Waals surface area contributed by atoms with E-state index in [4.69, 9.17) is 0 Å². The Balaban J connectivity index is 1.68. The molecule has 1 amide bonds. The molecule has 1 aliphatic rings. The molecule has 1 heterocycles. The number of amides is 1. The van der Waals surface area contributed by atoms with Crippen LogP contribution in [0.3, 0.4) is 0 Å². The molecule has 0 radical (unpaired) electrons. The molecule has 1 fully saturated rings. The second kappa shape index (κ2) is 5.96. The number of benzene rings is 1. The van der Waals surface area contributed by atoms with Crippen LogP contribution in [0.4, 0.5) is 0 Å². The maximum Gasteiger partial charge on any atom is 0.326 e. The molecule has 2 unspecified atom stereocenters. The number of hydrogen-bond acceptors (Lipinski definition) is 3. The fourth-order valence-electron chi connectivity index (χ4n) is 3.17. The van der Waals surface area contributed by atoms with E-state index in [-0.39, 0.29) is 17.7 Å². The van der Waals surface area contributed by atoms with Gasteiger partial charge in [-0.1, -0.05) is 6.42 Å². The normalized spacial score (nSPS) is 21.9. The van der Waals surface area contributed by atoms with Gasteiger partial charge >= 0.3 is 5.69 Å². The molecule has 2 aromatic rings. The van der Waals surface area contributed by atoms with Gasteiger partial charge in [0.25, 0.3) is 5.91 Å². The molecule has 22 heavy (non-hydrogen) atoms. The summed E-state index contributed by atoms with van der Waals surface area (Å²) in [6.45, 7) is 0.583. The van der Waals surface area contributed by atoms with E-state index in [1.54, 1.807) is 25.2 Å². The third kappa shape index (κ3) is 2.92. The summed E-state index contributed by atoms with van der Waals surface area (Å²) in [5, 5.41) is 12.6. The Kier molecular flexibility index (Phi) is 4.02. The van der Waals surface area contributed by atoms with Gasteiger partial charge in [-0.3, -0.25) is 9.36 Å². The number of rotatable bonds is 3. The molecule has 6 heteroatoms. The van der Waals surface area contributed by atoms with E-state index in [1.165, 1.54) is 4.57 Å². The summed E-state index contributed by atoms with van der Waals surface area (Å²) in [6, 6.07) is 5.19. The highest BCUT2D eigenvalue weighted by Crippen LogP contribution is 2.23. The van der Waals surface area contributed by atoms with Gasteiger partial charge in [-0.25, -0.2) is 4.79 Å². The van der Waals surface area contributed by atoms with Crippen molar-refractivity contribution >= 4 is 16.9 Å². The van der Waals surface area contributed by atoms with Crippen molar-refractivity contribution in [3.8, 4) is 0 Å². The van der Waals surface area contributed by atoms with Crippen LogP contribution in [-0.2, 0) is 7.05 Å². The number of aliphatic hydroxyl groups excluding tert-OH is 1. The lowest BCUT2D eigenvalue weighted by Gasteiger charge is -2.25. The molecule has 0 bridgehead atoms. The average molecular weight is 303 g/mol. The Morgan fingerprint density at radius 3 is 3.05 bits per heavy atom. The van der Waals surface area contributed by atoms with Crippen LogP contribution in [0.25, 0.3) is 11.0 Å².